The SMILES string of the molecule is Clc1ccc(-c2nc3nonc3nc2NCCNCc2ccncc2)cc1Cl. The molecule has 4 aromatic rings. The Morgan fingerprint density at radius 2 is 1.68 bits per heavy atom. The maximum Gasteiger partial charge on any atom is 0.245 e. The summed E-state index contributed by atoms with van der Waals surface area (Å²) in [5.41, 5.74) is 3.18. The van der Waals surface area contributed by atoms with Gasteiger partial charge in [0.05, 0.1) is 10.0 Å². The summed E-state index contributed by atoms with van der Waals surface area (Å²) < 4.78 is 4.73. The zero-order valence-electron chi connectivity index (χ0n) is 14.6. The van der Waals surface area contributed by atoms with Gasteiger partial charge in [0.1, 0.15) is 5.69 Å². The number of aromatic nitrogens is 5. The lowest BCUT2D eigenvalue weighted by Gasteiger charge is -2.11. The summed E-state index contributed by atoms with van der Waals surface area (Å²) in [6.45, 7) is 2.10. The first kappa shape index (κ1) is 18.5. The highest BCUT2D eigenvalue weighted by molar-refractivity contribution is 6.42. The van der Waals surface area contributed by atoms with Crippen LogP contribution in [0.3, 0.4) is 0 Å². The van der Waals surface area contributed by atoms with Crippen molar-refractivity contribution in [2.45, 2.75) is 6.54 Å². The van der Waals surface area contributed by atoms with Crippen LogP contribution in [0.4, 0.5) is 5.82 Å². The predicted octanol–water partition coefficient (Wildman–Crippen LogP) is 3.58. The Hall–Kier alpha value is -2.81. The van der Waals surface area contributed by atoms with Crippen molar-refractivity contribution in [1.82, 2.24) is 30.6 Å². The molecule has 8 nitrogen and oxygen atoms in total. The minimum absolute atomic E-state index is 0.322. The molecule has 0 saturated heterocycles. The third kappa shape index (κ3) is 4.19. The van der Waals surface area contributed by atoms with Crippen molar-refractivity contribution in [2.75, 3.05) is 18.4 Å². The van der Waals surface area contributed by atoms with Gasteiger partial charge in [0, 0.05) is 37.6 Å². The van der Waals surface area contributed by atoms with Crippen molar-refractivity contribution in [1.29, 1.82) is 0 Å². The molecule has 28 heavy (non-hydrogen) atoms. The van der Waals surface area contributed by atoms with Gasteiger partial charge in [0.25, 0.3) is 0 Å². The van der Waals surface area contributed by atoms with E-state index < -0.39 is 0 Å². The van der Waals surface area contributed by atoms with E-state index in [4.69, 9.17) is 27.8 Å². The van der Waals surface area contributed by atoms with E-state index in [0.29, 0.717) is 39.4 Å². The maximum atomic E-state index is 6.16. The zero-order chi connectivity index (χ0) is 19.3. The average molecular weight is 416 g/mol. The fourth-order valence-electron chi connectivity index (χ4n) is 2.61. The Morgan fingerprint density at radius 3 is 2.46 bits per heavy atom. The van der Waals surface area contributed by atoms with Crippen LogP contribution in [0.1, 0.15) is 5.56 Å². The molecule has 0 aliphatic rings. The first-order valence-electron chi connectivity index (χ1n) is 8.50. The molecule has 142 valence electrons. The van der Waals surface area contributed by atoms with Crippen molar-refractivity contribution in [2.24, 2.45) is 0 Å². The summed E-state index contributed by atoms with van der Waals surface area (Å²) in [5.74, 6) is 0.562. The number of nitrogens with one attached hydrogen (secondary N) is 2. The molecular weight excluding hydrogens is 401 g/mol. The minimum atomic E-state index is 0.322. The van der Waals surface area contributed by atoms with Crippen LogP contribution in [0.2, 0.25) is 10.0 Å². The third-order valence-corrected chi connectivity index (χ3v) is 4.72. The lowest BCUT2D eigenvalue weighted by molar-refractivity contribution is 0.314. The van der Waals surface area contributed by atoms with Gasteiger partial charge in [0.2, 0.25) is 11.3 Å². The molecule has 4 rings (SSSR count). The molecule has 0 fully saturated rings. The van der Waals surface area contributed by atoms with Crippen LogP contribution in [0.15, 0.2) is 47.4 Å². The molecule has 3 aromatic heterocycles. The summed E-state index contributed by atoms with van der Waals surface area (Å²) in [4.78, 5) is 13.0. The van der Waals surface area contributed by atoms with E-state index in [9.17, 15) is 0 Å². The van der Waals surface area contributed by atoms with Crippen LogP contribution >= 0.6 is 23.2 Å². The van der Waals surface area contributed by atoms with Gasteiger partial charge >= 0.3 is 0 Å². The normalized spacial score (nSPS) is 11.1. The van der Waals surface area contributed by atoms with Gasteiger partial charge in [-0.25, -0.2) is 14.6 Å². The summed E-state index contributed by atoms with van der Waals surface area (Å²) >= 11 is 12.2. The highest BCUT2D eigenvalue weighted by Crippen LogP contribution is 2.31. The first-order valence-corrected chi connectivity index (χ1v) is 9.25. The van der Waals surface area contributed by atoms with E-state index in [0.717, 1.165) is 18.7 Å². The smallest absolute Gasteiger partial charge is 0.245 e. The Morgan fingerprint density at radius 1 is 0.893 bits per heavy atom. The van der Waals surface area contributed by atoms with Crippen molar-refractivity contribution in [3.63, 3.8) is 0 Å². The van der Waals surface area contributed by atoms with E-state index >= 15 is 0 Å². The summed E-state index contributed by atoms with van der Waals surface area (Å²) in [6, 6.07) is 9.22. The molecule has 0 atom stereocenters. The summed E-state index contributed by atoms with van der Waals surface area (Å²) in [7, 11) is 0. The fraction of sp³-hybridized carbons (Fsp3) is 0.167. The molecular formula is C18H15Cl2N7O. The second kappa shape index (κ2) is 8.47. The predicted molar refractivity (Wildman–Crippen MR) is 107 cm³/mol. The number of benzene rings is 1. The quantitative estimate of drug-likeness (QED) is 0.441. The van der Waals surface area contributed by atoms with Gasteiger partial charge in [-0.2, -0.15) is 0 Å². The molecule has 0 aliphatic heterocycles. The van der Waals surface area contributed by atoms with Crippen LogP contribution in [-0.2, 0) is 6.54 Å². The molecule has 0 bridgehead atoms. The van der Waals surface area contributed by atoms with E-state index in [2.05, 4.69) is 35.9 Å². The van der Waals surface area contributed by atoms with E-state index in [1.807, 2.05) is 18.2 Å². The molecule has 0 amide bonds. The van der Waals surface area contributed by atoms with Gasteiger partial charge in [-0.1, -0.05) is 29.3 Å². The fourth-order valence-corrected chi connectivity index (χ4v) is 2.91. The number of halogens is 2. The zero-order valence-corrected chi connectivity index (χ0v) is 16.1. The second-order valence-corrected chi connectivity index (χ2v) is 6.73. The summed E-state index contributed by atoms with van der Waals surface area (Å²) in [6.07, 6.45) is 3.55. The molecule has 2 N–H and O–H groups in total. The molecule has 1 aromatic carbocycles. The van der Waals surface area contributed by atoms with Crippen LogP contribution < -0.4 is 10.6 Å². The molecule has 0 spiro atoms. The molecule has 0 radical (unpaired) electrons. The van der Waals surface area contributed by atoms with Gasteiger partial charge < -0.3 is 10.6 Å². The second-order valence-electron chi connectivity index (χ2n) is 5.92. The number of fused-ring (bicyclic) bond motifs is 1. The topological polar surface area (TPSA) is 102 Å². The molecule has 10 heteroatoms. The molecule has 0 aliphatic carbocycles. The highest BCUT2D eigenvalue weighted by Gasteiger charge is 2.15. The Bertz CT molecular complexity index is 1090. The number of rotatable bonds is 7. The van der Waals surface area contributed by atoms with Crippen molar-refractivity contribution < 1.29 is 4.63 Å². The lowest BCUT2D eigenvalue weighted by Crippen LogP contribution is -2.22. The Kier molecular flexibility index (Phi) is 5.61. The average Bonchev–Trinajstić information content (AvgIpc) is 3.17. The minimum Gasteiger partial charge on any atom is -0.367 e. The van der Waals surface area contributed by atoms with E-state index in [1.165, 1.54) is 5.56 Å². The van der Waals surface area contributed by atoms with Gasteiger partial charge in [-0.3, -0.25) is 4.98 Å². The molecule has 0 saturated carbocycles. The number of nitrogens with zero attached hydrogens (tertiary/aromatic N) is 5. The maximum absolute atomic E-state index is 6.16. The third-order valence-electron chi connectivity index (χ3n) is 3.98. The standard InChI is InChI=1S/C18H15Cl2N7O/c19-13-2-1-12(9-14(13)20)15-16(25-18-17(24-15)26-28-27-18)23-8-7-22-10-11-3-5-21-6-4-11/h1-6,9,22H,7-8,10H2,(H,23,25,27). The van der Waals surface area contributed by atoms with E-state index in [1.54, 1.807) is 24.5 Å². The number of hydrogen-bond donors (Lipinski definition) is 2. The van der Waals surface area contributed by atoms with Crippen LogP contribution in [0.5, 0.6) is 0 Å². The summed E-state index contributed by atoms with van der Waals surface area (Å²) in [5, 5.41) is 15.1. The van der Waals surface area contributed by atoms with Crippen molar-refractivity contribution in [3.8, 4) is 11.3 Å². The van der Waals surface area contributed by atoms with Crippen LogP contribution in [0.25, 0.3) is 22.6 Å². The van der Waals surface area contributed by atoms with Gasteiger partial charge in [-0.15, -0.1) is 0 Å². The van der Waals surface area contributed by atoms with Gasteiger partial charge in [-0.05, 0) is 40.1 Å². The van der Waals surface area contributed by atoms with E-state index in [-0.39, 0.29) is 0 Å². The van der Waals surface area contributed by atoms with Gasteiger partial charge in [0.15, 0.2) is 5.82 Å². The monoisotopic (exact) mass is 415 g/mol. The van der Waals surface area contributed by atoms with Crippen molar-refractivity contribution in [3.05, 3.63) is 58.3 Å². The molecule has 3 heterocycles. The van der Waals surface area contributed by atoms with Crippen molar-refractivity contribution >= 4 is 40.3 Å². The lowest BCUT2D eigenvalue weighted by atomic mass is 10.1. The largest absolute Gasteiger partial charge is 0.367 e. The Labute approximate surface area is 170 Å². The highest BCUT2D eigenvalue weighted by atomic mass is 35.5. The number of anilines is 1. The Balaban J connectivity index is 1.49. The van der Waals surface area contributed by atoms with Crippen LogP contribution in [-0.4, -0.2) is 38.4 Å². The number of pyridine rings is 1. The molecule has 0 unspecified atom stereocenters. The van der Waals surface area contributed by atoms with Crippen LogP contribution in [0, 0.1) is 0 Å². The first-order chi connectivity index (χ1) is 13.7. The number of hydrogen-bond acceptors (Lipinski definition) is 8.